The SMILES string of the molecule is CCOc1cccc(CNC2CCN(C)CC2C)c1. The quantitative estimate of drug-likeness (QED) is 0.882. The second-order valence-electron chi connectivity index (χ2n) is 5.60. The van der Waals surface area contributed by atoms with Crippen molar-refractivity contribution in [1.82, 2.24) is 10.2 Å². The van der Waals surface area contributed by atoms with Crippen molar-refractivity contribution in [2.45, 2.75) is 32.9 Å². The summed E-state index contributed by atoms with van der Waals surface area (Å²) in [7, 11) is 2.21. The molecule has 1 aliphatic heterocycles. The lowest BCUT2D eigenvalue weighted by atomic mass is 9.94. The third-order valence-electron chi connectivity index (χ3n) is 3.89. The van der Waals surface area contributed by atoms with E-state index in [1.54, 1.807) is 0 Å². The topological polar surface area (TPSA) is 24.5 Å². The van der Waals surface area contributed by atoms with Crippen LogP contribution in [0.3, 0.4) is 0 Å². The lowest BCUT2D eigenvalue weighted by Crippen LogP contribution is -2.46. The Hall–Kier alpha value is -1.06. The molecule has 19 heavy (non-hydrogen) atoms. The molecule has 3 nitrogen and oxygen atoms in total. The molecule has 0 aromatic heterocycles. The second-order valence-corrected chi connectivity index (χ2v) is 5.60. The van der Waals surface area contributed by atoms with E-state index in [0.717, 1.165) is 18.9 Å². The predicted molar refractivity (Wildman–Crippen MR) is 79.5 cm³/mol. The Balaban J connectivity index is 1.86. The van der Waals surface area contributed by atoms with Gasteiger partial charge in [0.1, 0.15) is 5.75 Å². The zero-order valence-electron chi connectivity index (χ0n) is 12.4. The molecular formula is C16H26N2O. The molecular weight excluding hydrogens is 236 g/mol. The van der Waals surface area contributed by atoms with Crippen molar-refractivity contribution >= 4 is 0 Å². The lowest BCUT2D eigenvalue weighted by Gasteiger charge is -2.35. The van der Waals surface area contributed by atoms with E-state index in [0.29, 0.717) is 12.0 Å². The number of rotatable bonds is 5. The van der Waals surface area contributed by atoms with Crippen molar-refractivity contribution in [3.05, 3.63) is 29.8 Å². The monoisotopic (exact) mass is 262 g/mol. The van der Waals surface area contributed by atoms with Gasteiger partial charge < -0.3 is 15.0 Å². The maximum Gasteiger partial charge on any atom is 0.119 e. The van der Waals surface area contributed by atoms with Gasteiger partial charge in [-0.15, -0.1) is 0 Å². The molecule has 0 radical (unpaired) electrons. The van der Waals surface area contributed by atoms with E-state index in [1.165, 1.54) is 25.1 Å². The van der Waals surface area contributed by atoms with E-state index in [2.05, 4.69) is 42.4 Å². The molecule has 3 heteroatoms. The third kappa shape index (κ3) is 4.22. The van der Waals surface area contributed by atoms with Gasteiger partial charge in [0, 0.05) is 19.1 Å². The highest BCUT2D eigenvalue weighted by Gasteiger charge is 2.23. The molecule has 1 saturated heterocycles. The summed E-state index contributed by atoms with van der Waals surface area (Å²) in [6.45, 7) is 8.40. The number of hydrogen-bond donors (Lipinski definition) is 1. The molecule has 1 aromatic carbocycles. The van der Waals surface area contributed by atoms with Crippen LogP contribution >= 0.6 is 0 Å². The number of likely N-dealkylation sites (tertiary alicyclic amines) is 1. The maximum atomic E-state index is 5.54. The predicted octanol–water partition coefficient (Wildman–Crippen LogP) is 2.52. The summed E-state index contributed by atoms with van der Waals surface area (Å²) >= 11 is 0. The molecule has 106 valence electrons. The summed E-state index contributed by atoms with van der Waals surface area (Å²) in [6, 6.07) is 9.02. The summed E-state index contributed by atoms with van der Waals surface area (Å²) in [5.74, 6) is 1.69. The van der Waals surface area contributed by atoms with Crippen molar-refractivity contribution in [3.63, 3.8) is 0 Å². The van der Waals surface area contributed by atoms with Gasteiger partial charge in [-0.2, -0.15) is 0 Å². The molecule has 1 aromatic rings. The van der Waals surface area contributed by atoms with Crippen LogP contribution in [0.25, 0.3) is 0 Å². The Morgan fingerprint density at radius 2 is 2.26 bits per heavy atom. The first-order valence-corrected chi connectivity index (χ1v) is 7.32. The third-order valence-corrected chi connectivity index (χ3v) is 3.89. The van der Waals surface area contributed by atoms with Crippen LogP contribution in [0.5, 0.6) is 5.75 Å². The van der Waals surface area contributed by atoms with Gasteiger partial charge in [-0.1, -0.05) is 19.1 Å². The molecule has 0 aliphatic carbocycles. The van der Waals surface area contributed by atoms with Gasteiger partial charge in [0.25, 0.3) is 0 Å². The smallest absolute Gasteiger partial charge is 0.119 e. The Kier molecular flexibility index (Phi) is 5.23. The maximum absolute atomic E-state index is 5.54. The van der Waals surface area contributed by atoms with Crippen molar-refractivity contribution in [1.29, 1.82) is 0 Å². The highest BCUT2D eigenvalue weighted by Crippen LogP contribution is 2.17. The van der Waals surface area contributed by atoms with E-state index in [-0.39, 0.29) is 0 Å². The molecule has 2 atom stereocenters. The van der Waals surface area contributed by atoms with Gasteiger partial charge in [0.15, 0.2) is 0 Å². The van der Waals surface area contributed by atoms with Gasteiger partial charge >= 0.3 is 0 Å². The summed E-state index contributed by atoms with van der Waals surface area (Å²) in [4.78, 5) is 2.42. The number of ether oxygens (including phenoxy) is 1. The van der Waals surface area contributed by atoms with Crippen LogP contribution in [-0.4, -0.2) is 37.7 Å². The summed E-state index contributed by atoms with van der Waals surface area (Å²) in [6.07, 6.45) is 1.24. The molecule has 0 spiro atoms. The second kappa shape index (κ2) is 6.92. The fourth-order valence-electron chi connectivity index (χ4n) is 2.82. The first-order valence-electron chi connectivity index (χ1n) is 7.32. The Labute approximate surface area is 116 Å². The normalized spacial score (nSPS) is 24.4. The zero-order valence-corrected chi connectivity index (χ0v) is 12.4. The molecule has 2 unspecified atom stereocenters. The van der Waals surface area contributed by atoms with Gasteiger partial charge in [-0.3, -0.25) is 0 Å². The summed E-state index contributed by atoms with van der Waals surface area (Å²) in [5.41, 5.74) is 1.30. The van der Waals surface area contributed by atoms with E-state index >= 15 is 0 Å². The van der Waals surface area contributed by atoms with Crippen LogP contribution in [0.1, 0.15) is 25.8 Å². The van der Waals surface area contributed by atoms with Crippen LogP contribution in [0, 0.1) is 5.92 Å². The lowest BCUT2D eigenvalue weighted by molar-refractivity contribution is 0.174. The fraction of sp³-hybridized carbons (Fsp3) is 0.625. The average Bonchev–Trinajstić information content (AvgIpc) is 2.38. The Bertz CT molecular complexity index is 394. The number of piperidine rings is 1. The van der Waals surface area contributed by atoms with Crippen molar-refractivity contribution in [2.24, 2.45) is 5.92 Å². The van der Waals surface area contributed by atoms with Crippen LogP contribution in [0.15, 0.2) is 24.3 Å². The molecule has 2 rings (SSSR count). The number of benzene rings is 1. The van der Waals surface area contributed by atoms with Gasteiger partial charge in [-0.25, -0.2) is 0 Å². The van der Waals surface area contributed by atoms with Gasteiger partial charge in [0.2, 0.25) is 0 Å². The van der Waals surface area contributed by atoms with E-state index in [9.17, 15) is 0 Å². The van der Waals surface area contributed by atoms with Crippen LogP contribution < -0.4 is 10.1 Å². The Morgan fingerprint density at radius 1 is 1.42 bits per heavy atom. The minimum absolute atomic E-state index is 0.631. The first-order chi connectivity index (χ1) is 9.19. The van der Waals surface area contributed by atoms with E-state index < -0.39 is 0 Å². The van der Waals surface area contributed by atoms with E-state index in [4.69, 9.17) is 4.74 Å². The van der Waals surface area contributed by atoms with Crippen molar-refractivity contribution in [3.8, 4) is 5.75 Å². The van der Waals surface area contributed by atoms with Crippen LogP contribution in [0.4, 0.5) is 0 Å². The van der Waals surface area contributed by atoms with Gasteiger partial charge in [0.05, 0.1) is 6.61 Å². The Morgan fingerprint density at radius 3 is 3.00 bits per heavy atom. The average molecular weight is 262 g/mol. The highest BCUT2D eigenvalue weighted by molar-refractivity contribution is 5.28. The molecule has 1 heterocycles. The van der Waals surface area contributed by atoms with Crippen LogP contribution in [0.2, 0.25) is 0 Å². The highest BCUT2D eigenvalue weighted by atomic mass is 16.5. The largest absolute Gasteiger partial charge is 0.494 e. The molecule has 0 amide bonds. The first kappa shape index (κ1) is 14.4. The molecule has 0 saturated carbocycles. The molecule has 1 N–H and O–H groups in total. The van der Waals surface area contributed by atoms with Crippen molar-refractivity contribution in [2.75, 3.05) is 26.7 Å². The summed E-state index contributed by atoms with van der Waals surface area (Å²) < 4.78 is 5.54. The molecule has 1 aliphatic rings. The van der Waals surface area contributed by atoms with E-state index in [1.807, 2.05) is 13.0 Å². The molecule has 1 fully saturated rings. The molecule has 0 bridgehead atoms. The van der Waals surface area contributed by atoms with Crippen LogP contribution in [-0.2, 0) is 6.54 Å². The number of nitrogens with one attached hydrogen (secondary N) is 1. The van der Waals surface area contributed by atoms with Gasteiger partial charge in [-0.05, 0) is 50.6 Å². The zero-order chi connectivity index (χ0) is 13.7. The standard InChI is InChI=1S/C16H26N2O/c1-4-19-15-7-5-6-14(10-15)11-17-16-8-9-18(3)12-13(16)2/h5-7,10,13,16-17H,4,8-9,11-12H2,1-3H3. The minimum Gasteiger partial charge on any atom is -0.494 e. The fourth-order valence-corrected chi connectivity index (χ4v) is 2.82. The van der Waals surface area contributed by atoms with Crippen molar-refractivity contribution < 1.29 is 4.74 Å². The number of hydrogen-bond acceptors (Lipinski definition) is 3. The number of nitrogens with zero attached hydrogens (tertiary/aromatic N) is 1. The minimum atomic E-state index is 0.631. The summed E-state index contributed by atoms with van der Waals surface area (Å²) in [5, 5.41) is 3.70.